The van der Waals surface area contributed by atoms with E-state index < -0.39 is 35.8 Å². The van der Waals surface area contributed by atoms with Gasteiger partial charge in [-0.15, -0.1) is 0 Å². The summed E-state index contributed by atoms with van der Waals surface area (Å²) in [6.45, 7) is 6.62. The van der Waals surface area contributed by atoms with Crippen LogP contribution >= 0.6 is 0 Å². The minimum Gasteiger partial charge on any atom is -0.345 e. The van der Waals surface area contributed by atoms with Gasteiger partial charge in [0.25, 0.3) is 5.91 Å². The third-order valence-corrected chi connectivity index (χ3v) is 5.53. The van der Waals surface area contributed by atoms with Crippen molar-refractivity contribution in [2.24, 2.45) is 0 Å². The van der Waals surface area contributed by atoms with Gasteiger partial charge < -0.3 is 16.0 Å². The van der Waals surface area contributed by atoms with E-state index in [2.05, 4.69) is 16.0 Å². The fourth-order valence-electron chi connectivity index (χ4n) is 3.38. The fraction of sp³-hybridized carbons (Fsp3) is 0.304. The lowest BCUT2D eigenvalue weighted by Gasteiger charge is -2.22. The van der Waals surface area contributed by atoms with Gasteiger partial charge in [0.1, 0.15) is 12.1 Å². The first-order chi connectivity index (χ1) is 14.6. The Balaban J connectivity index is 1.58. The molecule has 0 unspecified atom stereocenters. The van der Waals surface area contributed by atoms with Crippen LogP contribution < -0.4 is 16.0 Å². The Morgan fingerprint density at radius 2 is 1.68 bits per heavy atom. The lowest BCUT2D eigenvalue weighted by molar-refractivity contribution is -0.135. The summed E-state index contributed by atoms with van der Waals surface area (Å²) in [6.07, 6.45) is 0. The van der Waals surface area contributed by atoms with Crippen molar-refractivity contribution in [2.45, 2.75) is 33.2 Å². The number of nitrogens with zero attached hydrogens (tertiary/aromatic N) is 1. The highest BCUT2D eigenvalue weighted by molar-refractivity contribution is 6.09. The summed E-state index contributed by atoms with van der Waals surface area (Å²) >= 11 is 0. The summed E-state index contributed by atoms with van der Waals surface area (Å²) in [7, 11) is 0. The first kappa shape index (κ1) is 22.0. The Morgan fingerprint density at radius 3 is 2.35 bits per heavy atom. The van der Waals surface area contributed by atoms with E-state index in [0.29, 0.717) is 11.3 Å². The number of carbonyl (C=O) groups excluding carboxylic acids is 4. The summed E-state index contributed by atoms with van der Waals surface area (Å²) in [6, 6.07) is 12.1. The molecule has 162 valence electrons. The molecule has 0 radical (unpaired) electrons. The van der Waals surface area contributed by atoms with Gasteiger partial charge in [-0.3, -0.25) is 19.3 Å². The van der Waals surface area contributed by atoms with E-state index in [1.165, 1.54) is 0 Å². The van der Waals surface area contributed by atoms with Gasteiger partial charge in [0, 0.05) is 5.69 Å². The summed E-state index contributed by atoms with van der Waals surface area (Å²) in [4.78, 5) is 50.6. The van der Waals surface area contributed by atoms with Gasteiger partial charge in [-0.1, -0.05) is 42.0 Å². The molecule has 3 N–H and O–H groups in total. The second kappa shape index (κ2) is 8.59. The molecule has 1 aliphatic rings. The molecule has 3 rings (SSSR count). The highest BCUT2D eigenvalue weighted by atomic mass is 16.2. The van der Waals surface area contributed by atoms with Crippen LogP contribution in [-0.4, -0.2) is 41.7 Å². The van der Waals surface area contributed by atoms with E-state index >= 15 is 0 Å². The van der Waals surface area contributed by atoms with Crippen LogP contribution in [0.3, 0.4) is 0 Å². The Morgan fingerprint density at radius 1 is 1.00 bits per heavy atom. The largest absolute Gasteiger partial charge is 0.345 e. The highest BCUT2D eigenvalue weighted by Crippen LogP contribution is 2.28. The number of nitrogens with one attached hydrogen (secondary N) is 3. The number of imide groups is 1. The molecule has 0 aromatic heterocycles. The van der Waals surface area contributed by atoms with Crippen LogP contribution in [0.4, 0.5) is 10.5 Å². The van der Waals surface area contributed by atoms with Crippen molar-refractivity contribution in [3.8, 4) is 0 Å². The lowest BCUT2D eigenvalue weighted by Crippen LogP contribution is -2.44. The molecule has 8 nitrogen and oxygen atoms in total. The number of hydrogen-bond donors (Lipinski definition) is 3. The van der Waals surface area contributed by atoms with Crippen molar-refractivity contribution in [2.75, 3.05) is 18.4 Å². The molecule has 31 heavy (non-hydrogen) atoms. The molecule has 0 bridgehead atoms. The first-order valence-electron chi connectivity index (χ1n) is 9.96. The van der Waals surface area contributed by atoms with E-state index in [0.717, 1.165) is 21.6 Å². The van der Waals surface area contributed by atoms with Crippen LogP contribution in [0.1, 0.15) is 29.2 Å². The molecule has 1 fully saturated rings. The number of hydrogen-bond acceptors (Lipinski definition) is 4. The van der Waals surface area contributed by atoms with Gasteiger partial charge in [-0.05, 0) is 50.5 Å². The molecule has 1 saturated heterocycles. The number of aryl methyl sites for hydroxylation is 2. The molecule has 1 heterocycles. The zero-order valence-electron chi connectivity index (χ0n) is 18.0. The zero-order valence-corrected chi connectivity index (χ0v) is 18.0. The van der Waals surface area contributed by atoms with Crippen LogP contribution in [0.25, 0.3) is 0 Å². The summed E-state index contributed by atoms with van der Waals surface area (Å²) in [5.74, 6) is -1.52. The van der Waals surface area contributed by atoms with Crippen molar-refractivity contribution < 1.29 is 19.2 Å². The predicted molar refractivity (Wildman–Crippen MR) is 116 cm³/mol. The normalized spacial score (nSPS) is 18.0. The van der Waals surface area contributed by atoms with Crippen LogP contribution in [0.2, 0.25) is 0 Å². The predicted octanol–water partition coefficient (Wildman–Crippen LogP) is 2.13. The average molecular weight is 422 g/mol. The highest BCUT2D eigenvalue weighted by Gasteiger charge is 2.49. The minimum absolute atomic E-state index is 0.273. The molecule has 2 aromatic rings. The maximum Gasteiger partial charge on any atom is 0.325 e. The molecule has 1 aliphatic heterocycles. The lowest BCUT2D eigenvalue weighted by atomic mass is 9.91. The zero-order chi connectivity index (χ0) is 22.8. The summed E-state index contributed by atoms with van der Waals surface area (Å²) < 4.78 is 0. The van der Waals surface area contributed by atoms with Crippen molar-refractivity contribution >= 4 is 29.4 Å². The number of urea groups is 1. The summed E-state index contributed by atoms with van der Waals surface area (Å²) in [5, 5.41) is 7.86. The van der Waals surface area contributed by atoms with Crippen molar-refractivity contribution in [1.82, 2.24) is 15.5 Å². The molecule has 5 amide bonds. The van der Waals surface area contributed by atoms with E-state index in [1.807, 2.05) is 45.0 Å². The van der Waals surface area contributed by atoms with E-state index in [9.17, 15) is 19.2 Å². The number of rotatable bonds is 6. The van der Waals surface area contributed by atoms with E-state index in [-0.39, 0.29) is 6.54 Å². The first-order valence-corrected chi connectivity index (χ1v) is 9.96. The number of benzene rings is 2. The smallest absolute Gasteiger partial charge is 0.325 e. The minimum atomic E-state index is -1.24. The van der Waals surface area contributed by atoms with Gasteiger partial charge in [0.05, 0.1) is 6.54 Å². The second-order valence-corrected chi connectivity index (χ2v) is 7.88. The van der Waals surface area contributed by atoms with E-state index in [4.69, 9.17) is 0 Å². The van der Waals surface area contributed by atoms with Crippen LogP contribution in [0.15, 0.2) is 42.5 Å². The molecule has 1 atom stereocenters. The quantitative estimate of drug-likeness (QED) is 0.620. The molecular formula is C23H26N4O4. The molecule has 2 aromatic carbocycles. The molecule has 0 spiro atoms. The standard InChI is InChI=1S/C23H26N4O4/c1-14-8-10-17(11-9-14)23(4)21(30)27(22(31)26-23)13-20(29)24-12-19(28)25-18-7-5-6-15(2)16(18)3/h5-11H,12-13H2,1-4H3,(H,24,29)(H,25,28)(H,26,31)/t23-/m0/s1. The summed E-state index contributed by atoms with van der Waals surface area (Å²) in [5.41, 5.74) is 3.06. The van der Waals surface area contributed by atoms with Crippen LogP contribution in [0, 0.1) is 20.8 Å². The van der Waals surface area contributed by atoms with Crippen molar-refractivity contribution in [1.29, 1.82) is 0 Å². The Kier molecular flexibility index (Phi) is 6.10. The fourth-order valence-corrected chi connectivity index (χ4v) is 3.38. The molecule has 8 heteroatoms. The Bertz CT molecular complexity index is 1050. The Labute approximate surface area is 181 Å². The van der Waals surface area contributed by atoms with Crippen LogP contribution in [0.5, 0.6) is 0 Å². The number of carbonyl (C=O) groups is 4. The topological polar surface area (TPSA) is 108 Å². The average Bonchev–Trinajstić information content (AvgIpc) is 2.94. The van der Waals surface area contributed by atoms with Gasteiger partial charge in [0.2, 0.25) is 11.8 Å². The Hall–Kier alpha value is -3.68. The second-order valence-electron chi connectivity index (χ2n) is 7.88. The maximum atomic E-state index is 12.9. The van der Waals surface area contributed by atoms with Crippen LogP contribution in [-0.2, 0) is 19.9 Å². The molecule has 0 saturated carbocycles. The SMILES string of the molecule is Cc1ccc([C@]2(C)NC(=O)N(CC(=O)NCC(=O)Nc3cccc(C)c3C)C2=O)cc1. The van der Waals surface area contributed by atoms with E-state index in [1.54, 1.807) is 25.1 Å². The maximum absolute atomic E-state index is 12.9. The van der Waals surface area contributed by atoms with Gasteiger partial charge in [0.15, 0.2) is 0 Å². The van der Waals surface area contributed by atoms with Gasteiger partial charge >= 0.3 is 6.03 Å². The number of anilines is 1. The van der Waals surface area contributed by atoms with Crippen molar-refractivity contribution in [3.63, 3.8) is 0 Å². The third-order valence-electron chi connectivity index (χ3n) is 5.53. The monoisotopic (exact) mass is 422 g/mol. The van der Waals surface area contributed by atoms with Gasteiger partial charge in [-0.2, -0.15) is 0 Å². The molecular weight excluding hydrogens is 396 g/mol. The van der Waals surface area contributed by atoms with Crippen molar-refractivity contribution in [3.05, 3.63) is 64.7 Å². The number of amides is 5. The third kappa shape index (κ3) is 4.58. The van der Waals surface area contributed by atoms with Gasteiger partial charge in [-0.25, -0.2) is 4.79 Å². The molecule has 0 aliphatic carbocycles.